The van der Waals surface area contributed by atoms with Crippen molar-refractivity contribution in [3.05, 3.63) is 62.1 Å². The number of nitrogens with zero attached hydrogens (tertiary/aromatic N) is 4. The van der Waals surface area contributed by atoms with Crippen molar-refractivity contribution in [3.63, 3.8) is 0 Å². The molecular weight excluding hydrogens is 570 g/mol. The second kappa shape index (κ2) is 12.1. The lowest BCUT2D eigenvalue weighted by Gasteiger charge is -2.38. The molecule has 1 fully saturated rings. The Kier molecular flexibility index (Phi) is 9.15. The fourth-order valence-corrected chi connectivity index (χ4v) is 5.80. The quantitative estimate of drug-likeness (QED) is 0.344. The fourth-order valence-electron chi connectivity index (χ4n) is 4.28. The molecule has 2 heterocycles. The predicted octanol–water partition coefficient (Wildman–Crippen LogP) is 2.29. The molecule has 194 valence electrons. The number of aliphatic hydroxyl groups is 2. The number of rotatable bonds is 9. The van der Waals surface area contributed by atoms with E-state index in [2.05, 4.69) is 36.1 Å². The Hall–Kier alpha value is -1.86. The van der Waals surface area contributed by atoms with Gasteiger partial charge < -0.3 is 10.2 Å². The maximum absolute atomic E-state index is 13.3. The highest BCUT2D eigenvalue weighted by Crippen LogP contribution is 2.26. The molecule has 1 unspecified atom stereocenters. The molecular formula is C24H29BrClN5O4S. The van der Waals surface area contributed by atoms with E-state index in [0.29, 0.717) is 38.8 Å². The van der Waals surface area contributed by atoms with Gasteiger partial charge in [0, 0.05) is 48.0 Å². The molecule has 0 bridgehead atoms. The lowest BCUT2D eigenvalue weighted by Crippen LogP contribution is -2.52. The molecule has 0 radical (unpaired) electrons. The van der Waals surface area contributed by atoms with Crippen LogP contribution in [0.1, 0.15) is 12.5 Å². The van der Waals surface area contributed by atoms with Crippen LogP contribution in [0.2, 0.25) is 5.02 Å². The van der Waals surface area contributed by atoms with Crippen LogP contribution in [0.15, 0.2) is 50.8 Å². The topological polar surface area (TPSA) is 111 Å². The first-order valence-electron chi connectivity index (χ1n) is 11.7. The van der Waals surface area contributed by atoms with Gasteiger partial charge in [-0.2, -0.15) is 0 Å². The molecule has 1 atom stereocenters. The Labute approximate surface area is 225 Å². The Morgan fingerprint density at radius 3 is 2.56 bits per heavy atom. The molecule has 3 aromatic rings. The van der Waals surface area contributed by atoms with Gasteiger partial charge in [0.15, 0.2) is 0 Å². The van der Waals surface area contributed by atoms with Crippen LogP contribution >= 0.6 is 27.5 Å². The standard InChI is InChI=1S/C24H29BrClN5O4S/c1-2-36(35)23-4-3-17(26)10-22(23)28-31-15-27-21-9-16(20(25)11-19(21)24(31)34)12-29-5-7-30(8-6-29)18(13-32)14-33/h3-4,9-11,15,18,28,32-33H,2,5-8,12-14H2,1H3. The van der Waals surface area contributed by atoms with Gasteiger partial charge in [-0.05, 0) is 35.9 Å². The average Bonchev–Trinajstić information content (AvgIpc) is 2.88. The number of halogens is 2. The van der Waals surface area contributed by atoms with Crippen LogP contribution in [-0.4, -0.2) is 85.1 Å². The summed E-state index contributed by atoms with van der Waals surface area (Å²) in [6.07, 6.45) is 1.42. The Balaban J connectivity index is 1.55. The summed E-state index contributed by atoms with van der Waals surface area (Å²) in [5, 5.41) is 19.8. The van der Waals surface area contributed by atoms with Crippen LogP contribution in [0, 0.1) is 0 Å². The maximum Gasteiger partial charge on any atom is 0.280 e. The van der Waals surface area contributed by atoms with Crippen LogP contribution in [-0.2, 0) is 17.3 Å². The predicted molar refractivity (Wildman–Crippen MR) is 146 cm³/mol. The van der Waals surface area contributed by atoms with Gasteiger partial charge in [0.25, 0.3) is 5.56 Å². The van der Waals surface area contributed by atoms with Crippen LogP contribution in [0.3, 0.4) is 0 Å². The van der Waals surface area contributed by atoms with E-state index in [0.717, 1.165) is 36.2 Å². The van der Waals surface area contributed by atoms with Crippen molar-refractivity contribution in [1.82, 2.24) is 19.5 Å². The minimum atomic E-state index is -1.23. The molecule has 0 amide bonds. The number of hydrogen-bond acceptors (Lipinski definition) is 8. The van der Waals surface area contributed by atoms with E-state index in [1.54, 1.807) is 24.3 Å². The fraction of sp³-hybridized carbons (Fsp3) is 0.417. The number of nitrogens with one attached hydrogen (secondary N) is 1. The summed E-state index contributed by atoms with van der Waals surface area (Å²) in [6.45, 7) is 5.54. The lowest BCUT2D eigenvalue weighted by molar-refractivity contribution is 0.0339. The van der Waals surface area contributed by atoms with E-state index in [4.69, 9.17) is 11.6 Å². The van der Waals surface area contributed by atoms with Gasteiger partial charge in [0.2, 0.25) is 0 Å². The first-order chi connectivity index (χ1) is 17.3. The molecule has 0 aliphatic carbocycles. The highest BCUT2D eigenvalue weighted by molar-refractivity contribution is 9.10. The van der Waals surface area contributed by atoms with Gasteiger partial charge in [-0.25, -0.2) is 9.66 Å². The number of aliphatic hydroxyl groups excluding tert-OH is 2. The largest absolute Gasteiger partial charge is 0.395 e. The molecule has 0 spiro atoms. The van der Waals surface area contributed by atoms with Crippen LogP contribution in [0.4, 0.5) is 5.69 Å². The molecule has 2 aromatic carbocycles. The van der Waals surface area contributed by atoms with E-state index >= 15 is 0 Å². The second-order valence-electron chi connectivity index (χ2n) is 8.60. The zero-order valence-electron chi connectivity index (χ0n) is 19.9. The Bertz CT molecular complexity index is 1310. The van der Waals surface area contributed by atoms with Crippen molar-refractivity contribution >= 4 is 54.9 Å². The average molecular weight is 599 g/mol. The summed E-state index contributed by atoms with van der Waals surface area (Å²) in [6, 6.07) is 8.49. The van der Waals surface area contributed by atoms with Gasteiger partial charge >= 0.3 is 0 Å². The van der Waals surface area contributed by atoms with Gasteiger partial charge in [-0.3, -0.25) is 24.2 Å². The molecule has 36 heavy (non-hydrogen) atoms. The number of anilines is 1. The van der Waals surface area contributed by atoms with Gasteiger partial charge in [0.05, 0.1) is 51.5 Å². The molecule has 9 nitrogen and oxygen atoms in total. The smallest absolute Gasteiger partial charge is 0.280 e. The van der Waals surface area contributed by atoms with Crippen molar-refractivity contribution in [2.24, 2.45) is 0 Å². The van der Waals surface area contributed by atoms with E-state index in [1.807, 2.05) is 13.0 Å². The third-order valence-corrected chi connectivity index (χ3v) is 8.70. The van der Waals surface area contributed by atoms with Crippen molar-refractivity contribution in [1.29, 1.82) is 0 Å². The highest BCUT2D eigenvalue weighted by Gasteiger charge is 2.23. The number of piperazine rings is 1. The van der Waals surface area contributed by atoms with E-state index in [-0.39, 0.29) is 24.8 Å². The summed E-state index contributed by atoms with van der Waals surface area (Å²) in [5.74, 6) is 0.440. The summed E-state index contributed by atoms with van der Waals surface area (Å²) >= 11 is 9.76. The van der Waals surface area contributed by atoms with Gasteiger partial charge in [-0.1, -0.05) is 34.5 Å². The minimum Gasteiger partial charge on any atom is -0.395 e. The van der Waals surface area contributed by atoms with Crippen LogP contribution in [0.5, 0.6) is 0 Å². The Morgan fingerprint density at radius 1 is 1.17 bits per heavy atom. The van der Waals surface area contributed by atoms with Crippen molar-refractivity contribution < 1.29 is 14.4 Å². The second-order valence-corrected chi connectivity index (χ2v) is 11.6. The lowest BCUT2D eigenvalue weighted by atomic mass is 10.1. The first-order valence-corrected chi connectivity index (χ1v) is 14.2. The molecule has 1 aliphatic rings. The molecule has 1 saturated heterocycles. The summed E-state index contributed by atoms with van der Waals surface area (Å²) < 4.78 is 14.5. The third-order valence-electron chi connectivity index (χ3n) is 6.35. The van der Waals surface area contributed by atoms with E-state index in [9.17, 15) is 19.2 Å². The molecule has 3 N–H and O–H groups in total. The first kappa shape index (κ1) is 27.2. The molecule has 0 saturated carbocycles. The minimum absolute atomic E-state index is 0.0557. The monoisotopic (exact) mass is 597 g/mol. The Morgan fingerprint density at radius 2 is 1.89 bits per heavy atom. The zero-order chi connectivity index (χ0) is 25.8. The van der Waals surface area contributed by atoms with Crippen LogP contribution in [0.25, 0.3) is 10.9 Å². The molecule has 12 heteroatoms. The summed E-state index contributed by atoms with van der Waals surface area (Å²) in [5.41, 5.74) is 4.82. The van der Waals surface area contributed by atoms with Gasteiger partial charge in [0.1, 0.15) is 6.33 Å². The molecule has 1 aromatic heterocycles. The number of aromatic nitrogens is 2. The third kappa shape index (κ3) is 5.99. The number of benzene rings is 2. The normalized spacial score (nSPS) is 16.1. The molecule has 1 aliphatic heterocycles. The summed E-state index contributed by atoms with van der Waals surface area (Å²) in [4.78, 5) is 22.7. The summed E-state index contributed by atoms with van der Waals surface area (Å²) in [7, 11) is -1.23. The maximum atomic E-state index is 13.3. The number of fused-ring (bicyclic) bond motifs is 1. The van der Waals surface area contributed by atoms with Crippen LogP contribution < -0.4 is 11.0 Å². The zero-order valence-corrected chi connectivity index (χ0v) is 23.0. The van der Waals surface area contributed by atoms with E-state index < -0.39 is 10.8 Å². The van der Waals surface area contributed by atoms with E-state index in [1.165, 1.54) is 11.0 Å². The van der Waals surface area contributed by atoms with Crippen molar-refractivity contribution in [2.45, 2.75) is 24.4 Å². The highest BCUT2D eigenvalue weighted by atomic mass is 79.9. The molecule has 4 rings (SSSR count). The SMILES string of the molecule is CCS(=O)c1ccc(Cl)cc1Nn1cnc2cc(CN3CCN(C(CO)CO)CC3)c(Br)cc2c1=O. The number of hydrogen-bond donors (Lipinski definition) is 3. The van der Waals surface area contributed by atoms with Crippen molar-refractivity contribution in [3.8, 4) is 0 Å². The van der Waals surface area contributed by atoms with Crippen molar-refractivity contribution in [2.75, 3.05) is 50.6 Å². The van der Waals surface area contributed by atoms with Gasteiger partial charge in [-0.15, -0.1) is 0 Å².